The van der Waals surface area contributed by atoms with Crippen molar-refractivity contribution in [1.29, 1.82) is 5.26 Å². The molecule has 0 saturated heterocycles. The minimum atomic E-state index is -0.255. The van der Waals surface area contributed by atoms with Crippen molar-refractivity contribution in [2.45, 2.75) is 25.8 Å². The number of nitrogens with zero attached hydrogens (tertiary/aromatic N) is 1. The van der Waals surface area contributed by atoms with Crippen LogP contribution in [0.25, 0.3) is 0 Å². The zero-order valence-corrected chi connectivity index (χ0v) is 11.7. The van der Waals surface area contributed by atoms with E-state index in [2.05, 4.69) is 26.2 Å². The van der Waals surface area contributed by atoms with Gasteiger partial charge in [0, 0.05) is 16.7 Å². The Morgan fingerprint density at radius 2 is 2.47 bits per heavy atom. The minimum absolute atomic E-state index is 0.138. The van der Waals surface area contributed by atoms with E-state index in [1.165, 1.54) is 0 Å². The summed E-state index contributed by atoms with van der Waals surface area (Å²) in [5.41, 5.74) is 0.408. The maximum atomic E-state index is 11.9. The van der Waals surface area contributed by atoms with Gasteiger partial charge in [-0.05, 0) is 28.4 Å². The molecule has 0 unspecified atom stereocenters. The summed E-state index contributed by atoms with van der Waals surface area (Å²) in [6, 6.07) is 3.57. The molecule has 0 fully saturated rings. The van der Waals surface area contributed by atoms with Crippen molar-refractivity contribution >= 4 is 34.1 Å². The summed E-state index contributed by atoms with van der Waals surface area (Å²) in [7, 11) is 0. The fourth-order valence-corrected chi connectivity index (χ4v) is 1.85. The molecular weight excluding hydrogens is 302 g/mol. The summed E-state index contributed by atoms with van der Waals surface area (Å²) < 4.78 is 1.14. The van der Waals surface area contributed by atoms with Gasteiger partial charge in [0.05, 0.1) is 18.1 Å². The molecule has 0 radical (unpaired) electrons. The molecule has 0 aliphatic carbocycles. The fraction of sp³-hybridized carbons (Fsp3) is 0.364. The highest BCUT2D eigenvalue weighted by molar-refractivity contribution is 9.10. The van der Waals surface area contributed by atoms with Crippen LogP contribution in [0.2, 0.25) is 0 Å². The van der Waals surface area contributed by atoms with Gasteiger partial charge in [-0.2, -0.15) is 5.26 Å². The molecule has 2 N–H and O–H groups in total. The maximum Gasteiger partial charge on any atom is 0.254 e. The molecule has 90 valence electrons. The van der Waals surface area contributed by atoms with E-state index in [0.717, 1.165) is 4.47 Å². The number of carbonyl (C=O) groups is 1. The average molecular weight is 314 g/mol. The molecule has 4 nitrogen and oxygen atoms in total. The molecule has 17 heavy (non-hydrogen) atoms. The molecular formula is C11H12BrN3OS. The Kier molecular flexibility index (Phi) is 5.32. The third-order valence-electron chi connectivity index (χ3n) is 2.28. The zero-order valence-electron chi connectivity index (χ0n) is 9.29. The average Bonchev–Trinajstić information content (AvgIpc) is 2.31. The van der Waals surface area contributed by atoms with Crippen LogP contribution in [-0.2, 0) is 0 Å². The molecule has 1 atom stereocenters. The van der Waals surface area contributed by atoms with E-state index in [1.54, 1.807) is 12.3 Å². The zero-order chi connectivity index (χ0) is 12.8. The number of amides is 1. The largest absolute Gasteiger partial charge is 0.351 e. The molecule has 1 amide bonds. The minimum Gasteiger partial charge on any atom is -0.351 e. The molecule has 0 bridgehead atoms. The van der Waals surface area contributed by atoms with Crippen molar-refractivity contribution in [2.75, 3.05) is 0 Å². The van der Waals surface area contributed by atoms with Gasteiger partial charge in [0.25, 0.3) is 5.91 Å². The van der Waals surface area contributed by atoms with Crippen LogP contribution in [0.4, 0.5) is 0 Å². The van der Waals surface area contributed by atoms with Gasteiger partial charge in [0.2, 0.25) is 0 Å². The van der Waals surface area contributed by atoms with Crippen LogP contribution in [0.15, 0.2) is 16.7 Å². The number of hydrogen-bond acceptors (Lipinski definition) is 3. The Morgan fingerprint density at radius 3 is 3.06 bits per heavy atom. The summed E-state index contributed by atoms with van der Waals surface area (Å²) in [6.07, 6.45) is 2.68. The molecule has 1 aromatic rings. The van der Waals surface area contributed by atoms with Gasteiger partial charge in [-0.1, -0.05) is 19.1 Å². The highest BCUT2D eigenvalue weighted by Crippen LogP contribution is 2.11. The van der Waals surface area contributed by atoms with E-state index in [4.69, 9.17) is 17.5 Å². The van der Waals surface area contributed by atoms with Crippen LogP contribution in [0, 0.1) is 16.0 Å². The number of hydrogen-bond donors (Lipinski definition) is 2. The van der Waals surface area contributed by atoms with Gasteiger partial charge >= 0.3 is 0 Å². The summed E-state index contributed by atoms with van der Waals surface area (Å²) in [6.45, 7) is 1.92. The Bertz CT molecular complexity index is 506. The Hall–Kier alpha value is -1.19. The number of H-pyrrole nitrogens is 1. The van der Waals surface area contributed by atoms with Crippen molar-refractivity contribution < 1.29 is 4.79 Å². The number of halogens is 1. The van der Waals surface area contributed by atoms with Crippen LogP contribution < -0.4 is 5.32 Å². The summed E-state index contributed by atoms with van der Waals surface area (Å²) in [5, 5.41) is 11.4. The highest BCUT2D eigenvalue weighted by Gasteiger charge is 2.13. The third-order valence-corrected chi connectivity index (χ3v) is 3.07. The predicted molar refractivity (Wildman–Crippen MR) is 71.1 cm³/mol. The van der Waals surface area contributed by atoms with Crippen LogP contribution in [0.5, 0.6) is 0 Å². The van der Waals surface area contributed by atoms with Gasteiger partial charge < -0.3 is 10.3 Å². The second-order valence-electron chi connectivity index (χ2n) is 3.50. The molecule has 1 rings (SSSR count). The summed E-state index contributed by atoms with van der Waals surface area (Å²) >= 11 is 8.31. The number of aromatic nitrogens is 1. The van der Waals surface area contributed by atoms with Crippen molar-refractivity contribution in [3.05, 3.63) is 26.9 Å². The molecule has 0 saturated carbocycles. The number of pyridine rings is 1. The predicted octanol–water partition coefficient (Wildman–Crippen LogP) is 2.93. The maximum absolute atomic E-state index is 11.9. The molecule has 0 aliphatic rings. The first-order chi connectivity index (χ1) is 8.08. The normalized spacial score (nSPS) is 11.6. The second-order valence-corrected chi connectivity index (χ2v) is 4.83. The van der Waals surface area contributed by atoms with E-state index < -0.39 is 0 Å². The molecule has 1 aromatic heterocycles. The molecule has 0 aliphatic heterocycles. The third kappa shape index (κ3) is 3.95. The smallest absolute Gasteiger partial charge is 0.254 e. The molecule has 1 heterocycles. The molecule has 6 heteroatoms. The lowest BCUT2D eigenvalue weighted by Crippen LogP contribution is -2.34. The first-order valence-electron chi connectivity index (χ1n) is 5.14. The Labute approximate surface area is 113 Å². The summed E-state index contributed by atoms with van der Waals surface area (Å²) in [5.74, 6) is -0.255. The topological polar surface area (TPSA) is 68.7 Å². The van der Waals surface area contributed by atoms with Crippen molar-refractivity contribution in [3.8, 4) is 6.07 Å². The van der Waals surface area contributed by atoms with Gasteiger partial charge in [-0.25, -0.2) is 0 Å². The van der Waals surface area contributed by atoms with Crippen LogP contribution in [-0.4, -0.2) is 16.9 Å². The lowest BCUT2D eigenvalue weighted by molar-refractivity contribution is 0.0935. The number of rotatable bonds is 4. The van der Waals surface area contributed by atoms with Crippen LogP contribution in [0.3, 0.4) is 0 Å². The lowest BCUT2D eigenvalue weighted by atomic mass is 10.1. The standard InChI is InChI=1S/C11H12BrN3OS/c1-2-8(3-4-13)15-10(16)9-5-7(12)6-14-11(9)17/h5-6,8H,2-3H2,1H3,(H,14,17)(H,15,16)/t8-/m0/s1. The van der Waals surface area contributed by atoms with Crippen molar-refractivity contribution in [2.24, 2.45) is 0 Å². The van der Waals surface area contributed by atoms with Gasteiger partial charge in [-0.3, -0.25) is 4.79 Å². The first-order valence-corrected chi connectivity index (χ1v) is 6.34. The Morgan fingerprint density at radius 1 is 1.76 bits per heavy atom. The van der Waals surface area contributed by atoms with E-state index in [1.807, 2.05) is 13.0 Å². The Balaban J connectivity index is 2.86. The van der Waals surface area contributed by atoms with E-state index in [0.29, 0.717) is 23.0 Å². The summed E-state index contributed by atoms with van der Waals surface area (Å²) in [4.78, 5) is 14.7. The van der Waals surface area contributed by atoms with E-state index in [9.17, 15) is 4.79 Å². The quantitative estimate of drug-likeness (QED) is 0.840. The monoisotopic (exact) mass is 313 g/mol. The van der Waals surface area contributed by atoms with Crippen molar-refractivity contribution in [1.82, 2.24) is 10.3 Å². The van der Waals surface area contributed by atoms with Crippen molar-refractivity contribution in [3.63, 3.8) is 0 Å². The van der Waals surface area contributed by atoms with Gasteiger partial charge in [0.15, 0.2) is 0 Å². The van der Waals surface area contributed by atoms with Gasteiger partial charge in [0.1, 0.15) is 4.64 Å². The second kappa shape index (κ2) is 6.52. The number of carbonyl (C=O) groups excluding carboxylic acids is 1. The molecule has 0 spiro atoms. The lowest BCUT2D eigenvalue weighted by Gasteiger charge is -2.13. The fourth-order valence-electron chi connectivity index (χ4n) is 1.30. The van der Waals surface area contributed by atoms with Gasteiger partial charge in [-0.15, -0.1) is 0 Å². The number of aromatic amines is 1. The van der Waals surface area contributed by atoms with Crippen LogP contribution >= 0.6 is 28.1 Å². The SMILES string of the molecule is CC[C@@H](CC#N)NC(=O)c1cc(Br)c[nH]c1=S. The highest BCUT2D eigenvalue weighted by atomic mass is 79.9. The molecule has 0 aromatic carbocycles. The number of nitrogens with one attached hydrogen (secondary N) is 2. The van der Waals surface area contributed by atoms with Crippen LogP contribution in [0.1, 0.15) is 30.1 Å². The van der Waals surface area contributed by atoms with E-state index in [-0.39, 0.29) is 11.9 Å². The van der Waals surface area contributed by atoms with E-state index >= 15 is 0 Å². The first kappa shape index (κ1) is 13.9. The number of nitriles is 1.